The molecule has 3 heteroatoms. The normalized spacial score (nSPS) is 17.1. The van der Waals surface area contributed by atoms with Crippen molar-refractivity contribution >= 4 is 6.29 Å². The SMILES string of the molecule is CCC(C=O)(CC)CN(CCO)C1CC1. The summed E-state index contributed by atoms with van der Waals surface area (Å²) in [6.07, 6.45) is 5.34. The average Bonchev–Trinajstić information content (AvgIpc) is 3.09. The molecule has 1 fully saturated rings. The van der Waals surface area contributed by atoms with Crippen LogP contribution in [0, 0.1) is 5.41 Å². The van der Waals surface area contributed by atoms with Gasteiger partial charge in [0, 0.05) is 24.5 Å². The fourth-order valence-electron chi connectivity index (χ4n) is 2.04. The third-order valence-corrected chi connectivity index (χ3v) is 3.63. The van der Waals surface area contributed by atoms with Gasteiger partial charge >= 0.3 is 0 Å². The Kier molecular flexibility index (Phi) is 4.74. The average molecular weight is 213 g/mol. The highest BCUT2D eigenvalue weighted by molar-refractivity contribution is 5.59. The second-order valence-electron chi connectivity index (χ2n) is 4.61. The summed E-state index contributed by atoms with van der Waals surface area (Å²) in [6.45, 7) is 5.86. The molecule has 0 aromatic heterocycles. The number of carbonyl (C=O) groups is 1. The Morgan fingerprint density at radius 1 is 1.40 bits per heavy atom. The lowest BCUT2D eigenvalue weighted by Gasteiger charge is -2.32. The van der Waals surface area contributed by atoms with E-state index in [1.165, 1.54) is 12.8 Å². The summed E-state index contributed by atoms with van der Waals surface area (Å²) in [7, 11) is 0. The summed E-state index contributed by atoms with van der Waals surface area (Å²) in [6, 6.07) is 0.620. The first-order chi connectivity index (χ1) is 7.21. The van der Waals surface area contributed by atoms with E-state index in [-0.39, 0.29) is 12.0 Å². The molecular weight excluding hydrogens is 190 g/mol. The minimum absolute atomic E-state index is 0.193. The van der Waals surface area contributed by atoms with E-state index in [1.807, 2.05) is 0 Å². The van der Waals surface area contributed by atoms with Crippen LogP contribution in [0.15, 0.2) is 0 Å². The zero-order chi connectivity index (χ0) is 11.3. The number of nitrogens with zero attached hydrogens (tertiary/aromatic N) is 1. The van der Waals surface area contributed by atoms with Gasteiger partial charge in [0.25, 0.3) is 0 Å². The molecule has 0 bridgehead atoms. The molecule has 1 aliphatic rings. The van der Waals surface area contributed by atoms with Gasteiger partial charge in [-0.05, 0) is 25.7 Å². The van der Waals surface area contributed by atoms with Gasteiger partial charge < -0.3 is 9.90 Å². The van der Waals surface area contributed by atoms with Crippen LogP contribution < -0.4 is 0 Å². The van der Waals surface area contributed by atoms with Gasteiger partial charge in [-0.2, -0.15) is 0 Å². The van der Waals surface area contributed by atoms with Crippen LogP contribution in [0.3, 0.4) is 0 Å². The van der Waals surface area contributed by atoms with E-state index in [2.05, 4.69) is 18.7 Å². The highest BCUT2D eigenvalue weighted by atomic mass is 16.3. The highest BCUT2D eigenvalue weighted by Crippen LogP contribution is 2.32. The Labute approximate surface area is 92.5 Å². The van der Waals surface area contributed by atoms with Gasteiger partial charge in [-0.15, -0.1) is 0 Å². The number of hydrogen-bond acceptors (Lipinski definition) is 3. The topological polar surface area (TPSA) is 40.5 Å². The van der Waals surface area contributed by atoms with Crippen molar-refractivity contribution in [3.05, 3.63) is 0 Å². The number of rotatable bonds is 8. The van der Waals surface area contributed by atoms with Crippen molar-refractivity contribution in [1.82, 2.24) is 4.90 Å². The molecule has 0 radical (unpaired) electrons. The Bertz CT molecular complexity index is 198. The number of aliphatic hydroxyl groups is 1. The summed E-state index contributed by atoms with van der Waals surface area (Å²) in [5, 5.41) is 9.00. The monoisotopic (exact) mass is 213 g/mol. The Hall–Kier alpha value is -0.410. The van der Waals surface area contributed by atoms with E-state index in [4.69, 9.17) is 5.11 Å². The third kappa shape index (κ3) is 3.28. The molecule has 15 heavy (non-hydrogen) atoms. The van der Waals surface area contributed by atoms with Gasteiger partial charge in [0.1, 0.15) is 6.29 Å². The fourth-order valence-corrected chi connectivity index (χ4v) is 2.04. The highest BCUT2D eigenvalue weighted by Gasteiger charge is 2.35. The first-order valence-electron chi connectivity index (χ1n) is 6.02. The Morgan fingerprint density at radius 2 is 2.00 bits per heavy atom. The van der Waals surface area contributed by atoms with Crippen LogP contribution in [0.5, 0.6) is 0 Å². The first kappa shape index (κ1) is 12.7. The number of aldehydes is 1. The molecule has 0 amide bonds. The standard InChI is InChI=1S/C12H23NO2/c1-3-12(4-2,10-15)9-13(7-8-14)11-5-6-11/h10-11,14H,3-9H2,1-2H3. The van der Waals surface area contributed by atoms with Crippen molar-refractivity contribution < 1.29 is 9.90 Å². The van der Waals surface area contributed by atoms with Gasteiger partial charge in [-0.3, -0.25) is 4.90 Å². The van der Waals surface area contributed by atoms with Gasteiger partial charge in [0.05, 0.1) is 6.61 Å². The molecule has 0 spiro atoms. The molecule has 1 N–H and O–H groups in total. The molecule has 0 saturated heterocycles. The number of aliphatic hydroxyl groups excluding tert-OH is 1. The fraction of sp³-hybridized carbons (Fsp3) is 0.917. The van der Waals surface area contributed by atoms with E-state index >= 15 is 0 Å². The van der Waals surface area contributed by atoms with Gasteiger partial charge in [0.2, 0.25) is 0 Å². The van der Waals surface area contributed by atoms with Crippen LogP contribution >= 0.6 is 0 Å². The molecule has 1 rings (SSSR count). The van der Waals surface area contributed by atoms with E-state index < -0.39 is 0 Å². The van der Waals surface area contributed by atoms with Crippen LogP contribution in [0.4, 0.5) is 0 Å². The largest absolute Gasteiger partial charge is 0.395 e. The first-order valence-corrected chi connectivity index (χ1v) is 6.02. The van der Waals surface area contributed by atoms with Crippen molar-refractivity contribution in [2.24, 2.45) is 5.41 Å². The van der Waals surface area contributed by atoms with Crippen LogP contribution in [-0.4, -0.2) is 42.0 Å². The molecule has 88 valence electrons. The van der Waals surface area contributed by atoms with E-state index in [9.17, 15) is 4.79 Å². The number of carbonyl (C=O) groups excluding carboxylic acids is 1. The number of hydrogen-bond donors (Lipinski definition) is 1. The smallest absolute Gasteiger partial charge is 0.127 e. The molecule has 0 aromatic rings. The lowest BCUT2D eigenvalue weighted by Crippen LogP contribution is -2.41. The summed E-state index contributed by atoms with van der Waals surface area (Å²) in [5.74, 6) is 0. The predicted octanol–water partition coefficient (Wildman–Crippen LogP) is 1.45. The molecule has 0 heterocycles. The van der Waals surface area contributed by atoms with Crippen molar-refractivity contribution in [3.8, 4) is 0 Å². The van der Waals surface area contributed by atoms with Crippen molar-refractivity contribution in [2.75, 3.05) is 19.7 Å². The minimum Gasteiger partial charge on any atom is -0.395 e. The van der Waals surface area contributed by atoms with Crippen LogP contribution in [0.2, 0.25) is 0 Å². The maximum atomic E-state index is 11.2. The van der Waals surface area contributed by atoms with Crippen molar-refractivity contribution in [2.45, 2.75) is 45.6 Å². The van der Waals surface area contributed by atoms with Crippen LogP contribution in [-0.2, 0) is 4.79 Å². The zero-order valence-electron chi connectivity index (χ0n) is 9.91. The second-order valence-corrected chi connectivity index (χ2v) is 4.61. The molecular formula is C12H23NO2. The quantitative estimate of drug-likeness (QED) is 0.620. The Morgan fingerprint density at radius 3 is 2.33 bits per heavy atom. The van der Waals surface area contributed by atoms with Gasteiger partial charge in [0.15, 0.2) is 0 Å². The summed E-state index contributed by atoms with van der Waals surface area (Å²) in [5.41, 5.74) is -0.197. The van der Waals surface area contributed by atoms with Gasteiger partial charge in [-0.1, -0.05) is 13.8 Å². The zero-order valence-corrected chi connectivity index (χ0v) is 9.91. The maximum Gasteiger partial charge on any atom is 0.127 e. The second kappa shape index (κ2) is 5.61. The van der Waals surface area contributed by atoms with Crippen molar-refractivity contribution in [1.29, 1.82) is 0 Å². The third-order valence-electron chi connectivity index (χ3n) is 3.63. The molecule has 1 aliphatic carbocycles. The maximum absolute atomic E-state index is 11.2. The molecule has 0 aromatic carbocycles. The van der Waals surface area contributed by atoms with Crippen molar-refractivity contribution in [3.63, 3.8) is 0 Å². The predicted molar refractivity (Wildman–Crippen MR) is 60.8 cm³/mol. The molecule has 3 nitrogen and oxygen atoms in total. The van der Waals surface area contributed by atoms with Crippen LogP contribution in [0.25, 0.3) is 0 Å². The van der Waals surface area contributed by atoms with Crippen LogP contribution in [0.1, 0.15) is 39.5 Å². The van der Waals surface area contributed by atoms with E-state index in [1.54, 1.807) is 0 Å². The van der Waals surface area contributed by atoms with Gasteiger partial charge in [-0.25, -0.2) is 0 Å². The lowest BCUT2D eigenvalue weighted by molar-refractivity contribution is -0.118. The molecule has 0 aliphatic heterocycles. The summed E-state index contributed by atoms with van der Waals surface area (Å²) in [4.78, 5) is 13.5. The minimum atomic E-state index is -0.197. The van der Waals surface area contributed by atoms with E-state index in [0.717, 1.165) is 25.7 Å². The molecule has 0 atom stereocenters. The van der Waals surface area contributed by atoms with E-state index in [0.29, 0.717) is 12.6 Å². The summed E-state index contributed by atoms with van der Waals surface area (Å²) >= 11 is 0. The Balaban J connectivity index is 2.56. The molecule has 0 unspecified atom stereocenters. The lowest BCUT2D eigenvalue weighted by atomic mass is 9.83. The molecule has 1 saturated carbocycles. The summed E-state index contributed by atoms with van der Waals surface area (Å²) < 4.78 is 0.